The summed E-state index contributed by atoms with van der Waals surface area (Å²) >= 11 is 0. The molecule has 1 aliphatic heterocycles. The van der Waals surface area contributed by atoms with Crippen LogP contribution in [-0.2, 0) is 17.7 Å². The number of rotatable bonds is 5. The van der Waals surface area contributed by atoms with E-state index >= 15 is 0 Å². The molecular weight excluding hydrogens is 318 g/mol. The number of pyridine rings is 1. The highest BCUT2D eigenvalue weighted by Crippen LogP contribution is 2.20. The Morgan fingerprint density at radius 1 is 1.36 bits per heavy atom. The summed E-state index contributed by atoms with van der Waals surface area (Å²) in [7, 11) is 1.70. The van der Waals surface area contributed by atoms with Crippen LogP contribution in [0.4, 0.5) is 10.6 Å². The van der Waals surface area contributed by atoms with Gasteiger partial charge in [0, 0.05) is 51.4 Å². The Kier molecular flexibility index (Phi) is 5.65. The van der Waals surface area contributed by atoms with Gasteiger partial charge in [0.25, 0.3) is 0 Å². The van der Waals surface area contributed by atoms with Crippen LogP contribution in [0, 0.1) is 5.92 Å². The molecular formula is C18H25N5O2. The summed E-state index contributed by atoms with van der Waals surface area (Å²) in [5.74, 6) is 1.05. The summed E-state index contributed by atoms with van der Waals surface area (Å²) in [6, 6.07) is 5.70. The van der Waals surface area contributed by atoms with Crippen LogP contribution in [0.25, 0.3) is 0 Å². The molecule has 0 aliphatic carbocycles. The van der Waals surface area contributed by atoms with E-state index in [1.807, 2.05) is 29.1 Å². The zero-order valence-corrected chi connectivity index (χ0v) is 14.8. The number of hydrogen-bond acceptors (Lipinski definition) is 4. The van der Waals surface area contributed by atoms with Gasteiger partial charge in [-0.2, -0.15) is 5.10 Å². The van der Waals surface area contributed by atoms with Crippen molar-refractivity contribution in [2.75, 3.05) is 25.5 Å². The minimum atomic E-state index is -0.117. The van der Waals surface area contributed by atoms with Gasteiger partial charge in [0.1, 0.15) is 0 Å². The molecule has 25 heavy (non-hydrogen) atoms. The van der Waals surface area contributed by atoms with Crippen LogP contribution in [0.1, 0.15) is 18.9 Å². The van der Waals surface area contributed by atoms with E-state index < -0.39 is 0 Å². The first-order chi connectivity index (χ1) is 12.2. The normalized spacial score (nSPS) is 20.5. The molecule has 0 unspecified atom stereocenters. The second-order valence-electron chi connectivity index (χ2n) is 6.49. The van der Waals surface area contributed by atoms with Crippen molar-refractivity contribution < 1.29 is 9.53 Å². The number of nitrogens with zero attached hydrogens (tertiary/aromatic N) is 4. The van der Waals surface area contributed by atoms with E-state index in [9.17, 15) is 4.79 Å². The van der Waals surface area contributed by atoms with E-state index in [1.54, 1.807) is 24.4 Å². The van der Waals surface area contributed by atoms with Gasteiger partial charge < -0.3 is 9.64 Å². The van der Waals surface area contributed by atoms with E-state index in [-0.39, 0.29) is 12.1 Å². The van der Waals surface area contributed by atoms with Crippen molar-refractivity contribution in [3.63, 3.8) is 0 Å². The fourth-order valence-electron chi connectivity index (χ4n) is 3.06. The van der Waals surface area contributed by atoms with Crippen LogP contribution in [0.2, 0.25) is 0 Å². The van der Waals surface area contributed by atoms with E-state index in [0.717, 1.165) is 25.9 Å². The molecule has 134 valence electrons. The summed E-state index contributed by atoms with van der Waals surface area (Å²) in [6.45, 7) is 4.28. The number of aromatic nitrogens is 3. The number of nitrogens with one attached hydrogen (secondary N) is 1. The van der Waals surface area contributed by atoms with Gasteiger partial charge in [-0.3, -0.25) is 15.0 Å². The molecule has 2 aromatic rings. The molecule has 3 heterocycles. The predicted molar refractivity (Wildman–Crippen MR) is 95.3 cm³/mol. The quantitative estimate of drug-likeness (QED) is 0.905. The third kappa shape index (κ3) is 4.57. The number of likely N-dealkylation sites (tertiary alicyclic amines) is 1. The van der Waals surface area contributed by atoms with E-state index in [2.05, 4.69) is 22.3 Å². The molecule has 0 radical (unpaired) electrons. The molecule has 2 aromatic heterocycles. The first kappa shape index (κ1) is 17.4. The van der Waals surface area contributed by atoms with E-state index in [4.69, 9.17) is 4.74 Å². The lowest BCUT2D eigenvalue weighted by Crippen LogP contribution is -2.48. The number of methoxy groups -OCH3 is 1. The molecule has 1 aliphatic rings. The highest BCUT2D eigenvalue weighted by molar-refractivity contribution is 5.88. The van der Waals surface area contributed by atoms with Gasteiger partial charge in [0.2, 0.25) is 0 Å². The molecule has 0 spiro atoms. The Morgan fingerprint density at radius 2 is 2.16 bits per heavy atom. The summed E-state index contributed by atoms with van der Waals surface area (Å²) in [6.07, 6.45) is 7.38. The van der Waals surface area contributed by atoms with Crippen molar-refractivity contribution in [1.82, 2.24) is 19.7 Å². The number of urea groups is 1. The van der Waals surface area contributed by atoms with Crippen molar-refractivity contribution in [3.05, 3.63) is 42.4 Å². The molecule has 7 heteroatoms. The van der Waals surface area contributed by atoms with Gasteiger partial charge in [0.15, 0.2) is 5.82 Å². The number of amides is 2. The number of piperidine rings is 1. The van der Waals surface area contributed by atoms with Crippen molar-refractivity contribution in [2.45, 2.75) is 32.4 Å². The maximum Gasteiger partial charge on any atom is 0.323 e. The summed E-state index contributed by atoms with van der Waals surface area (Å²) in [4.78, 5) is 18.2. The van der Waals surface area contributed by atoms with Crippen LogP contribution >= 0.6 is 0 Å². The van der Waals surface area contributed by atoms with E-state index in [0.29, 0.717) is 18.3 Å². The fourth-order valence-corrected chi connectivity index (χ4v) is 3.06. The molecule has 7 nitrogen and oxygen atoms in total. The number of aryl methyl sites for hydroxylation is 2. The number of carbonyl (C=O) groups is 1. The predicted octanol–water partition coefficient (Wildman–Crippen LogP) is 2.41. The average Bonchev–Trinajstić information content (AvgIpc) is 3.08. The number of anilines is 1. The SMILES string of the molecule is CO[C@H]1CN(C(=O)Nc2ccn(CCc3ccncc3)n2)CC[C@H]1C. The van der Waals surface area contributed by atoms with Crippen LogP contribution in [0.15, 0.2) is 36.8 Å². The molecule has 0 aromatic carbocycles. The summed E-state index contributed by atoms with van der Waals surface area (Å²) in [5.41, 5.74) is 1.21. The molecule has 1 N–H and O–H groups in total. The Labute approximate surface area is 148 Å². The van der Waals surface area contributed by atoms with Crippen LogP contribution in [0.5, 0.6) is 0 Å². The minimum Gasteiger partial charge on any atom is -0.379 e. The lowest BCUT2D eigenvalue weighted by Gasteiger charge is -2.35. The first-order valence-corrected chi connectivity index (χ1v) is 8.67. The Bertz CT molecular complexity index is 688. The molecule has 1 saturated heterocycles. The van der Waals surface area contributed by atoms with Crippen molar-refractivity contribution in [1.29, 1.82) is 0 Å². The molecule has 3 rings (SSSR count). The topological polar surface area (TPSA) is 72.3 Å². The zero-order chi connectivity index (χ0) is 17.6. The van der Waals surface area contributed by atoms with Gasteiger partial charge in [0.05, 0.1) is 6.10 Å². The summed E-state index contributed by atoms with van der Waals surface area (Å²) < 4.78 is 7.31. The first-order valence-electron chi connectivity index (χ1n) is 8.67. The third-order valence-corrected chi connectivity index (χ3v) is 4.73. The number of carbonyl (C=O) groups excluding carboxylic acids is 1. The Balaban J connectivity index is 1.51. The zero-order valence-electron chi connectivity index (χ0n) is 14.8. The standard InChI is InChI=1S/C18H25N5O2/c1-14-5-10-22(13-16(14)25-2)18(24)20-17-7-12-23(21-17)11-6-15-3-8-19-9-4-15/h3-4,7-9,12,14,16H,5-6,10-11,13H2,1-2H3,(H,20,21,24)/t14-,16+/m1/s1. The molecule has 2 amide bonds. The number of hydrogen-bond donors (Lipinski definition) is 1. The summed E-state index contributed by atoms with van der Waals surface area (Å²) in [5, 5.41) is 7.30. The van der Waals surface area contributed by atoms with Crippen molar-refractivity contribution in [2.24, 2.45) is 5.92 Å². The van der Waals surface area contributed by atoms with Gasteiger partial charge in [-0.05, 0) is 36.5 Å². The highest BCUT2D eigenvalue weighted by Gasteiger charge is 2.28. The van der Waals surface area contributed by atoms with Crippen LogP contribution < -0.4 is 5.32 Å². The van der Waals surface area contributed by atoms with Crippen LogP contribution in [0.3, 0.4) is 0 Å². The fraction of sp³-hybridized carbons (Fsp3) is 0.500. The van der Waals surface area contributed by atoms with Gasteiger partial charge in [-0.1, -0.05) is 6.92 Å². The molecule has 1 fully saturated rings. The molecule has 2 atom stereocenters. The second-order valence-corrected chi connectivity index (χ2v) is 6.49. The number of ether oxygens (including phenoxy) is 1. The Morgan fingerprint density at radius 3 is 2.92 bits per heavy atom. The highest BCUT2D eigenvalue weighted by atomic mass is 16.5. The lowest BCUT2D eigenvalue weighted by atomic mass is 9.96. The monoisotopic (exact) mass is 343 g/mol. The minimum absolute atomic E-state index is 0.0948. The second kappa shape index (κ2) is 8.11. The average molecular weight is 343 g/mol. The van der Waals surface area contributed by atoms with Crippen molar-refractivity contribution in [3.8, 4) is 0 Å². The van der Waals surface area contributed by atoms with Gasteiger partial charge in [-0.15, -0.1) is 0 Å². The largest absolute Gasteiger partial charge is 0.379 e. The Hall–Kier alpha value is -2.41. The van der Waals surface area contributed by atoms with Crippen LogP contribution in [-0.4, -0.2) is 52.0 Å². The molecule has 0 bridgehead atoms. The maximum absolute atomic E-state index is 12.4. The van der Waals surface area contributed by atoms with Crippen molar-refractivity contribution >= 4 is 11.8 Å². The molecule has 0 saturated carbocycles. The van der Waals surface area contributed by atoms with Gasteiger partial charge in [-0.25, -0.2) is 4.79 Å². The smallest absolute Gasteiger partial charge is 0.323 e. The van der Waals surface area contributed by atoms with E-state index in [1.165, 1.54) is 5.56 Å². The maximum atomic E-state index is 12.4. The van der Waals surface area contributed by atoms with Gasteiger partial charge >= 0.3 is 6.03 Å². The lowest BCUT2D eigenvalue weighted by molar-refractivity contribution is 0.00894. The third-order valence-electron chi connectivity index (χ3n) is 4.73.